The first-order chi connectivity index (χ1) is 14.4. The second kappa shape index (κ2) is 9.59. The molecule has 0 aliphatic rings. The molecule has 30 heavy (non-hydrogen) atoms. The zero-order valence-corrected chi connectivity index (χ0v) is 17.3. The number of anilines is 2. The lowest BCUT2D eigenvalue weighted by atomic mass is 10.2. The molecule has 0 spiro atoms. The number of benzene rings is 2. The summed E-state index contributed by atoms with van der Waals surface area (Å²) in [7, 11) is -0.381. The van der Waals surface area contributed by atoms with Gasteiger partial charge in [-0.25, -0.2) is 22.8 Å². The molecule has 0 aliphatic heterocycles. The van der Waals surface area contributed by atoms with Crippen molar-refractivity contribution in [2.75, 3.05) is 31.9 Å². The topological polar surface area (TPSA) is 103 Å². The third-order valence-electron chi connectivity index (χ3n) is 4.14. The summed E-state index contributed by atoms with van der Waals surface area (Å²) in [6.45, 7) is 0.154. The minimum Gasteiger partial charge on any atom is -0.496 e. The van der Waals surface area contributed by atoms with Crippen LogP contribution in [0.5, 0.6) is 5.75 Å². The molecule has 0 saturated carbocycles. The normalized spacial score (nSPS) is 11.3. The molecule has 2 aromatic carbocycles. The molecule has 8 nitrogen and oxygen atoms in total. The van der Waals surface area contributed by atoms with Crippen molar-refractivity contribution >= 4 is 21.5 Å². The van der Waals surface area contributed by atoms with Gasteiger partial charge in [-0.3, -0.25) is 0 Å². The highest BCUT2D eigenvalue weighted by Gasteiger charge is 2.13. The fourth-order valence-electron chi connectivity index (χ4n) is 2.74. The summed E-state index contributed by atoms with van der Waals surface area (Å²) in [5.74, 6) is 0.294. The fraction of sp³-hybridized carbons (Fsp3) is 0.250. The van der Waals surface area contributed by atoms with Crippen LogP contribution in [0.1, 0.15) is 5.56 Å². The largest absolute Gasteiger partial charge is 0.496 e. The molecule has 0 saturated heterocycles. The second-order valence-corrected chi connectivity index (χ2v) is 8.57. The molecule has 1 N–H and O–H groups in total. The zero-order chi connectivity index (χ0) is 21.6. The van der Waals surface area contributed by atoms with Crippen molar-refractivity contribution in [2.24, 2.45) is 0 Å². The van der Waals surface area contributed by atoms with Crippen molar-refractivity contribution in [1.29, 1.82) is 0 Å². The van der Waals surface area contributed by atoms with Crippen LogP contribution in [0.15, 0.2) is 48.8 Å². The van der Waals surface area contributed by atoms with Crippen LogP contribution in [0.2, 0.25) is 0 Å². The van der Waals surface area contributed by atoms with Gasteiger partial charge in [0.15, 0.2) is 15.7 Å². The minimum atomic E-state index is -3.28. The van der Waals surface area contributed by atoms with Crippen molar-refractivity contribution in [2.45, 2.75) is 5.75 Å². The number of rotatable bonds is 9. The van der Waals surface area contributed by atoms with Crippen LogP contribution in [-0.4, -0.2) is 49.9 Å². The van der Waals surface area contributed by atoms with E-state index < -0.39 is 15.7 Å². The Hall–Kier alpha value is -3.11. The molecule has 158 valence electrons. The summed E-state index contributed by atoms with van der Waals surface area (Å²) in [6, 6.07) is 11.0. The Bertz CT molecular complexity index is 1130. The summed E-state index contributed by atoms with van der Waals surface area (Å²) in [6.07, 6.45) is 1.33. The summed E-state index contributed by atoms with van der Waals surface area (Å²) >= 11 is 0. The van der Waals surface area contributed by atoms with Crippen molar-refractivity contribution < 1.29 is 22.3 Å². The van der Waals surface area contributed by atoms with E-state index in [1.165, 1.54) is 38.7 Å². The molecule has 0 aliphatic carbocycles. The molecular weight excluding hydrogens is 411 g/mol. The van der Waals surface area contributed by atoms with E-state index in [4.69, 9.17) is 9.47 Å². The number of aromatic nitrogens is 3. The van der Waals surface area contributed by atoms with E-state index in [0.717, 1.165) is 0 Å². The maximum absolute atomic E-state index is 13.4. The lowest BCUT2D eigenvalue weighted by Gasteiger charge is -2.10. The van der Waals surface area contributed by atoms with E-state index in [0.29, 0.717) is 28.4 Å². The SMILES string of the molecule is COCCS(=O)(=O)Cc1cccc(Nc2ncnc(-c3ccc(F)cc3OC)n2)c1. The number of nitrogens with one attached hydrogen (secondary N) is 1. The van der Waals surface area contributed by atoms with Crippen molar-refractivity contribution in [3.63, 3.8) is 0 Å². The first kappa shape index (κ1) is 21.6. The molecule has 3 aromatic rings. The maximum Gasteiger partial charge on any atom is 0.230 e. The predicted octanol–water partition coefficient (Wildman–Crippen LogP) is 2.99. The summed E-state index contributed by atoms with van der Waals surface area (Å²) in [5.41, 5.74) is 1.77. The molecule has 0 atom stereocenters. The Morgan fingerprint density at radius 2 is 1.93 bits per heavy atom. The summed E-state index contributed by atoms with van der Waals surface area (Å²) in [5, 5.41) is 3.04. The highest BCUT2D eigenvalue weighted by molar-refractivity contribution is 7.90. The van der Waals surface area contributed by atoms with Crippen LogP contribution in [0.4, 0.5) is 16.0 Å². The zero-order valence-electron chi connectivity index (χ0n) is 16.5. The summed E-state index contributed by atoms with van der Waals surface area (Å²) < 4.78 is 47.8. The predicted molar refractivity (Wildman–Crippen MR) is 111 cm³/mol. The monoisotopic (exact) mass is 432 g/mol. The van der Waals surface area contributed by atoms with Gasteiger partial charge in [-0.1, -0.05) is 12.1 Å². The highest BCUT2D eigenvalue weighted by Crippen LogP contribution is 2.28. The maximum atomic E-state index is 13.4. The Labute approximate surface area is 174 Å². The lowest BCUT2D eigenvalue weighted by Crippen LogP contribution is -2.13. The number of ether oxygens (including phenoxy) is 2. The molecule has 1 aromatic heterocycles. The highest BCUT2D eigenvalue weighted by atomic mass is 32.2. The summed E-state index contributed by atoms with van der Waals surface area (Å²) in [4.78, 5) is 12.6. The Balaban J connectivity index is 1.80. The lowest BCUT2D eigenvalue weighted by molar-refractivity contribution is 0.217. The Morgan fingerprint density at radius 1 is 1.10 bits per heavy atom. The van der Waals surface area contributed by atoms with Gasteiger partial charge in [0.1, 0.15) is 17.9 Å². The average molecular weight is 432 g/mol. The van der Waals surface area contributed by atoms with E-state index in [1.807, 2.05) is 0 Å². The minimum absolute atomic E-state index is 0.0442. The van der Waals surface area contributed by atoms with E-state index in [9.17, 15) is 12.8 Å². The van der Waals surface area contributed by atoms with E-state index in [2.05, 4.69) is 20.3 Å². The molecule has 10 heteroatoms. The van der Waals surface area contributed by atoms with E-state index in [1.54, 1.807) is 24.3 Å². The number of hydrogen-bond donors (Lipinski definition) is 1. The standard InChI is InChI=1S/C20H21FN4O4S/c1-28-8-9-30(26,27)12-14-4-3-5-16(10-14)24-20-23-13-22-19(25-20)17-7-6-15(21)11-18(17)29-2/h3-7,10-11,13H,8-9,12H2,1-2H3,(H,22,23,24,25). The van der Waals surface area contributed by atoms with Gasteiger partial charge < -0.3 is 14.8 Å². The number of methoxy groups -OCH3 is 2. The number of nitrogens with zero attached hydrogens (tertiary/aromatic N) is 3. The van der Waals surface area contributed by atoms with Crippen LogP contribution in [0.25, 0.3) is 11.4 Å². The van der Waals surface area contributed by atoms with Gasteiger partial charge in [0.25, 0.3) is 0 Å². The van der Waals surface area contributed by atoms with Crippen molar-refractivity contribution in [1.82, 2.24) is 15.0 Å². The first-order valence-electron chi connectivity index (χ1n) is 8.98. The smallest absolute Gasteiger partial charge is 0.230 e. The Morgan fingerprint density at radius 3 is 2.70 bits per heavy atom. The van der Waals surface area contributed by atoms with Crippen LogP contribution in [0.3, 0.4) is 0 Å². The number of hydrogen-bond acceptors (Lipinski definition) is 8. The van der Waals surface area contributed by atoms with Gasteiger partial charge in [-0.15, -0.1) is 0 Å². The van der Waals surface area contributed by atoms with Crippen molar-refractivity contribution in [3.8, 4) is 17.1 Å². The van der Waals surface area contributed by atoms with E-state index >= 15 is 0 Å². The van der Waals surface area contributed by atoms with Gasteiger partial charge in [-0.2, -0.15) is 4.98 Å². The molecule has 0 fully saturated rings. The van der Waals surface area contributed by atoms with Gasteiger partial charge >= 0.3 is 0 Å². The average Bonchev–Trinajstić information content (AvgIpc) is 2.72. The molecule has 0 bridgehead atoms. The number of halogens is 1. The van der Waals surface area contributed by atoms with Gasteiger partial charge in [0.05, 0.1) is 30.8 Å². The molecule has 0 unspecified atom stereocenters. The Kier molecular flexibility index (Phi) is 6.91. The van der Waals surface area contributed by atoms with Gasteiger partial charge in [-0.05, 0) is 29.8 Å². The molecule has 0 amide bonds. The first-order valence-corrected chi connectivity index (χ1v) is 10.8. The number of sulfone groups is 1. The second-order valence-electron chi connectivity index (χ2n) is 6.39. The van der Waals surface area contributed by atoms with E-state index in [-0.39, 0.29) is 24.1 Å². The molecular formula is C20H21FN4O4S. The molecule has 0 radical (unpaired) electrons. The van der Waals surface area contributed by atoms with Crippen molar-refractivity contribution in [3.05, 3.63) is 60.2 Å². The molecule has 1 heterocycles. The van der Waals surface area contributed by atoms with Crippen LogP contribution < -0.4 is 10.1 Å². The van der Waals surface area contributed by atoms with Crippen LogP contribution in [-0.2, 0) is 20.3 Å². The van der Waals surface area contributed by atoms with Gasteiger partial charge in [0, 0.05) is 18.9 Å². The van der Waals surface area contributed by atoms with Gasteiger partial charge in [0.2, 0.25) is 5.95 Å². The van der Waals surface area contributed by atoms with Crippen LogP contribution in [0, 0.1) is 5.82 Å². The molecule has 3 rings (SSSR count). The third-order valence-corrected chi connectivity index (χ3v) is 5.71. The quantitative estimate of drug-likeness (QED) is 0.550. The fourth-order valence-corrected chi connectivity index (χ4v) is 3.99. The van der Waals surface area contributed by atoms with Crippen LogP contribution >= 0.6 is 0 Å². The third kappa shape index (κ3) is 5.71.